The molecule has 0 radical (unpaired) electrons. The van der Waals surface area contributed by atoms with Crippen LogP contribution in [0.4, 0.5) is 0 Å². The SMILES string of the molecule is O=C(O)C(O)(c1ccccc1)C1(C2CCN(CCc3ccc4c(c3)OCO4)C2)CCCC1. The molecular formula is C26H31NO5. The molecule has 0 spiro atoms. The third-order valence-electron chi connectivity index (χ3n) is 7.92. The number of carbonyl (C=O) groups is 1. The molecule has 2 aromatic rings. The number of carboxylic acid groups (broad SMARTS) is 1. The van der Waals surface area contributed by atoms with E-state index in [9.17, 15) is 15.0 Å². The Morgan fingerprint density at radius 1 is 1.09 bits per heavy atom. The summed E-state index contributed by atoms with van der Waals surface area (Å²) in [5.74, 6) is 0.639. The number of hydrogen-bond acceptors (Lipinski definition) is 5. The highest BCUT2D eigenvalue weighted by Crippen LogP contribution is 2.58. The lowest BCUT2D eigenvalue weighted by Crippen LogP contribution is -2.54. The Morgan fingerprint density at radius 3 is 2.59 bits per heavy atom. The molecule has 0 amide bonds. The molecule has 2 fully saturated rings. The molecule has 1 aliphatic carbocycles. The van der Waals surface area contributed by atoms with E-state index < -0.39 is 17.0 Å². The molecule has 2 heterocycles. The largest absolute Gasteiger partial charge is 0.479 e. The summed E-state index contributed by atoms with van der Waals surface area (Å²) in [6, 6.07) is 15.1. The monoisotopic (exact) mass is 437 g/mol. The van der Waals surface area contributed by atoms with Gasteiger partial charge in [0, 0.05) is 18.5 Å². The zero-order valence-electron chi connectivity index (χ0n) is 18.3. The standard InChI is InChI=1S/C26H31NO5/c28-24(29)26(30,20-6-2-1-3-7-20)25(12-4-5-13-25)21-11-15-27(17-21)14-10-19-8-9-22-23(16-19)32-18-31-22/h1-3,6-9,16,21,30H,4-5,10-15,17-18H2,(H,28,29). The van der Waals surface area contributed by atoms with Crippen molar-refractivity contribution in [2.24, 2.45) is 11.3 Å². The summed E-state index contributed by atoms with van der Waals surface area (Å²) >= 11 is 0. The fourth-order valence-electron chi connectivity index (χ4n) is 6.25. The first kappa shape index (κ1) is 21.3. The molecule has 2 N–H and O–H groups in total. The molecule has 0 aromatic heterocycles. The topological polar surface area (TPSA) is 79.2 Å². The lowest BCUT2D eigenvalue weighted by molar-refractivity contribution is -0.185. The lowest BCUT2D eigenvalue weighted by atomic mass is 9.59. The van der Waals surface area contributed by atoms with Gasteiger partial charge < -0.3 is 24.6 Å². The van der Waals surface area contributed by atoms with Crippen molar-refractivity contribution in [3.8, 4) is 11.5 Å². The number of rotatable bonds is 7. The van der Waals surface area contributed by atoms with Gasteiger partial charge in [-0.2, -0.15) is 0 Å². The molecular weight excluding hydrogens is 406 g/mol. The Labute approximate surface area is 188 Å². The molecule has 6 nitrogen and oxygen atoms in total. The fourth-order valence-corrected chi connectivity index (χ4v) is 6.25. The number of ether oxygens (including phenoxy) is 2. The van der Waals surface area contributed by atoms with Crippen molar-refractivity contribution in [3.63, 3.8) is 0 Å². The maximum atomic E-state index is 12.6. The van der Waals surface area contributed by atoms with Crippen molar-refractivity contribution < 1.29 is 24.5 Å². The number of benzene rings is 2. The number of carboxylic acids is 1. The first-order chi connectivity index (χ1) is 15.5. The van der Waals surface area contributed by atoms with Crippen molar-refractivity contribution >= 4 is 5.97 Å². The van der Waals surface area contributed by atoms with E-state index >= 15 is 0 Å². The molecule has 6 heteroatoms. The predicted octanol–water partition coefficient (Wildman–Crippen LogP) is 3.81. The van der Waals surface area contributed by atoms with Crippen molar-refractivity contribution in [1.29, 1.82) is 0 Å². The van der Waals surface area contributed by atoms with E-state index in [1.165, 1.54) is 5.56 Å². The van der Waals surface area contributed by atoms with Gasteiger partial charge in [0.25, 0.3) is 0 Å². The molecule has 170 valence electrons. The van der Waals surface area contributed by atoms with Crippen molar-refractivity contribution in [3.05, 3.63) is 59.7 Å². The zero-order valence-corrected chi connectivity index (χ0v) is 18.3. The van der Waals surface area contributed by atoms with Crippen LogP contribution in [0.3, 0.4) is 0 Å². The number of fused-ring (bicyclic) bond motifs is 1. The highest BCUT2D eigenvalue weighted by atomic mass is 16.7. The van der Waals surface area contributed by atoms with E-state index in [-0.39, 0.29) is 12.7 Å². The zero-order chi connectivity index (χ0) is 22.2. The Kier molecular flexibility index (Phi) is 5.59. The van der Waals surface area contributed by atoms with E-state index in [0.717, 1.165) is 69.7 Å². The van der Waals surface area contributed by atoms with Gasteiger partial charge in [-0.05, 0) is 61.4 Å². The summed E-state index contributed by atoms with van der Waals surface area (Å²) in [7, 11) is 0. The third-order valence-corrected chi connectivity index (χ3v) is 7.92. The molecule has 2 aliphatic heterocycles. The van der Waals surface area contributed by atoms with E-state index in [1.54, 1.807) is 12.1 Å². The molecule has 32 heavy (non-hydrogen) atoms. The minimum atomic E-state index is -1.86. The van der Waals surface area contributed by atoms with Gasteiger partial charge in [-0.1, -0.05) is 49.2 Å². The Morgan fingerprint density at radius 2 is 1.84 bits per heavy atom. The summed E-state index contributed by atoms with van der Waals surface area (Å²) in [5.41, 5.74) is -0.774. The maximum absolute atomic E-state index is 12.6. The van der Waals surface area contributed by atoms with Gasteiger partial charge in [-0.15, -0.1) is 0 Å². The van der Waals surface area contributed by atoms with Crippen LogP contribution in [0.15, 0.2) is 48.5 Å². The molecule has 0 bridgehead atoms. The number of hydrogen-bond donors (Lipinski definition) is 2. The summed E-state index contributed by atoms with van der Waals surface area (Å²) in [4.78, 5) is 15.0. The molecule has 3 aliphatic rings. The van der Waals surface area contributed by atoms with Gasteiger partial charge in [-0.3, -0.25) is 0 Å². The van der Waals surface area contributed by atoms with E-state index in [0.29, 0.717) is 5.56 Å². The highest BCUT2D eigenvalue weighted by molar-refractivity contribution is 5.80. The van der Waals surface area contributed by atoms with Gasteiger partial charge in [0.15, 0.2) is 17.1 Å². The number of nitrogens with zero attached hydrogens (tertiary/aromatic N) is 1. The van der Waals surface area contributed by atoms with Crippen molar-refractivity contribution in [2.45, 2.75) is 44.1 Å². The normalized spacial score (nSPS) is 23.8. The summed E-state index contributed by atoms with van der Waals surface area (Å²) in [6.45, 7) is 2.94. The Bertz CT molecular complexity index is 971. The van der Waals surface area contributed by atoms with Crippen LogP contribution >= 0.6 is 0 Å². The van der Waals surface area contributed by atoms with Crippen LogP contribution in [0.2, 0.25) is 0 Å². The molecule has 2 atom stereocenters. The van der Waals surface area contributed by atoms with Crippen LogP contribution in [0.25, 0.3) is 0 Å². The van der Waals surface area contributed by atoms with Gasteiger partial charge in [0.05, 0.1) is 0 Å². The molecule has 1 saturated heterocycles. The second-order valence-corrected chi connectivity index (χ2v) is 9.47. The Balaban J connectivity index is 1.33. The maximum Gasteiger partial charge on any atom is 0.341 e. The van der Waals surface area contributed by atoms with Crippen LogP contribution in [0.5, 0.6) is 11.5 Å². The summed E-state index contributed by atoms with van der Waals surface area (Å²) < 4.78 is 10.9. The quantitative estimate of drug-likeness (QED) is 0.686. The van der Waals surface area contributed by atoms with Crippen LogP contribution in [0, 0.1) is 11.3 Å². The van der Waals surface area contributed by atoms with Crippen LogP contribution in [-0.4, -0.2) is 47.5 Å². The van der Waals surface area contributed by atoms with E-state index in [1.807, 2.05) is 30.3 Å². The van der Waals surface area contributed by atoms with Crippen LogP contribution in [0.1, 0.15) is 43.2 Å². The average Bonchev–Trinajstić information content (AvgIpc) is 3.58. The number of aliphatic hydroxyl groups is 1. The predicted molar refractivity (Wildman–Crippen MR) is 120 cm³/mol. The van der Waals surface area contributed by atoms with Crippen molar-refractivity contribution in [1.82, 2.24) is 4.90 Å². The van der Waals surface area contributed by atoms with Gasteiger partial charge in [0.2, 0.25) is 6.79 Å². The Hall–Kier alpha value is -2.57. The van der Waals surface area contributed by atoms with Gasteiger partial charge in [0.1, 0.15) is 0 Å². The number of likely N-dealkylation sites (tertiary alicyclic amines) is 1. The average molecular weight is 438 g/mol. The van der Waals surface area contributed by atoms with Gasteiger partial charge >= 0.3 is 5.97 Å². The third kappa shape index (κ3) is 3.46. The minimum absolute atomic E-state index is 0.156. The molecule has 1 saturated carbocycles. The smallest absolute Gasteiger partial charge is 0.341 e. The van der Waals surface area contributed by atoms with Crippen molar-refractivity contribution in [2.75, 3.05) is 26.4 Å². The van der Waals surface area contributed by atoms with Crippen LogP contribution in [-0.2, 0) is 16.8 Å². The first-order valence-electron chi connectivity index (χ1n) is 11.7. The summed E-state index contributed by atoms with van der Waals surface area (Å²) in [5, 5.41) is 22.1. The summed E-state index contributed by atoms with van der Waals surface area (Å²) in [6.07, 6.45) is 5.27. The molecule has 2 aromatic carbocycles. The van der Waals surface area contributed by atoms with E-state index in [4.69, 9.17) is 9.47 Å². The minimum Gasteiger partial charge on any atom is -0.479 e. The van der Waals surface area contributed by atoms with E-state index in [2.05, 4.69) is 11.0 Å². The second kappa shape index (κ2) is 8.41. The highest BCUT2D eigenvalue weighted by Gasteiger charge is 2.61. The molecule has 2 unspecified atom stereocenters. The second-order valence-electron chi connectivity index (χ2n) is 9.47. The first-order valence-corrected chi connectivity index (χ1v) is 11.7. The van der Waals surface area contributed by atoms with Gasteiger partial charge in [-0.25, -0.2) is 4.79 Å². The number of aliphatic carboxylic acids is 1. The molecule has 5 rings (SSSR count). The fraction of sp³-hybridized carbons (Fsp3) is 0.500. The lowest BCUT2D eigenvalue weighted by Gasteiger charge is -2.46. The van der Waals surface area contributed by atoms with Crippen LogP contribution < -0.4 is 9.47 Å².